The van der Waals surface area contributed by atoms with Gasteiger partial charge in [-0.1, -0.05) is 0 Å². The molecule has 0 radical (unpaired) electrons. The summed E-state index contributed by atoms with van der Waals surface area (Å²) in [6, 6.07) is 2.24. The van der Waals surface area contributed by atoms with Crippen LogP contribution < -0.4 is 10.5 Å². The summed E-state index contributed by atoms with van der Waals surface area (Å²) in [5, 5.41) is 0. The summed E-state index contributed by atoms with van der Waals surface area (Å²) in [7, 11) is -3.40. The van der Waals surface area contributed by atoms with Crippen LogP contribution in [-0.4, -0.2) is 39.0 Å². The fourth-order valence-electron chi connectivity index (χ4n) is 2.62. The molecule has 1 aromatic heterocycles. The molecule has 1 saturated heterocycles. The van der Waals surface area contributed by atoms with Crippen molar-refractivity contribution < 1.29 is 8.42 Å². The lowest BCUT2D eigenvalue weighted by Crippen LogP contribution is -2.32. The van der Waals surface area contributed by atoms with Gasteiger partial charge < -0.3 is 10.6 Å². The molecule has 5 nitrogen and oxygen atoms in total. The van der Waals surface area contributed by atoms with Crippen LogP contribution in [0.5, 0.6) is 0 Å². The summed E-state index contributed by atoms with van der Waals surface area (Å²) in [5.74, 6) is 0.400. The van der Waals surface area contributed by atoms with E-state index >= 15 is 0 Å². The van der Waals surface area contributed by atoms with Crippen molar-refractivity contribution in [3.63, 3.8) is 0 Å². The predicted octanol–water partition coefficient (Wildman–Crippen LogP) is 1.52. The number of likely N-dealkylation sites (tertiary alicyclic amines) is 1. The Morgan fingerprint density at radius 1 is 1.52 bits per heavy atom. The Balaban J connectivity index is 1.95. The van der Waals surface area contributed by atoms with Gasteiger partial charge in [0.15, 0.2) is 0 Å². The summed E-state index contributed by atoms with van der Waals surface area (Å²) in [6.07, 6.45) is 1.05. The van der Waals surface area contributed by atoms with Crippen molar-refractivity contribution in [1.82, 2.24) is 9.62 Å². The molecule has 0 saturated carbocycles. The van der Waals surface area contributed by atoms with Crippen LogP contribution in [0.25, 0.3) is 0 Å². The van der Waals surface area contributed by atoms with Gasteiger partial charge in [0.25, 0.3) is 0 Å². The Labute approximate surface area is 131 Å². The fraction of sp³-hybridized carbons (Fsp3) is 0.714. The number of hydrogen-bond acceptors (Lipinski definition) is 5. The molecule has 2 rings (SSSR count). The van der Waals surface area contributed by atoms with Crippen LogP contribution in [0.15, 0.2) is 10.3 Å². The standard InChI is InChI=1S/C14H25N3O2S2/c1-10(2)17-5-4-12(9-17)8-16-21(18,19)14-6-11(3)13(7-15)20-14/h6,10,12,16H,4-5,7-9,15H2,1-3H3. The number of sulfonamides is 1. The minimum absolute atomic E-state index is 0.374. The first-order chi connectivity index (χ1) is 9.83. The van der Waals surface area contributed by atoms with Crippen molar-refractivity contribution in [2.75, 3.05) is 19.6 Å². The molecule has 0 aromatic carbocycles. The molecule has 2 heterocycles. The third-order valence-corrected chi connectivity index (χ3v) is 7.21. The summed E-state index contributed by atoms with van der Waals surface area (Å²) in [4.78, 5) is 3.32. The second-order valence-electron chi connectivity index (χ2n) is 5.97. The Hall–Kier alpha value is -0.470. The molecule has 1 atom stereocenters. The normalized spacial score (nSPS) is 20.5. The lowest BCUT2D eigenvalue weighted by atomic mass is 10.1. The molecular weight excluding hydrogens is 306 g/mol. The second-order valence-corrected chi connectivity index (χ2v) is 9.10. The van der Waals surface area contributed by atoms with Gasteiger partial charge in [-0.25, -0.2) is 13.1 Å². The van der Waals surface area contributed by atoms with Crippen LogP contribution in [-0.2, 0) is 16.6 Å². The van der Waals surface area contributed by atoms with E-state index in [1.165, 1.54) is 11.3 Å². The number of nitrogens with two attached hydrogens (primary N) is 1. The quantitative estimate of drug-likeness (QED) is 0.829. The zero-order valence-electron chi connectivity index (χ0n) is 12.9. The number of nitrogens with one attached hydrogen (secondary N) is 1. The number of hydrogen-bond donors (Lipinski definition) is 2. The van der Waals surface area contributed by atoms with Crippen molar-refractivity contribution in [1.29, 1.82) is 0 Å². The average Bonchev–Trinajstić information content (AvgIpc) is 3.03. The monoisotopic (exact) mass is 331 g/mol. The zero-order valence-corrected chi connectivity index (χ0v) is 14.6. The third kappa shape index (κ3) is 4.04. The van der Waals surface area contributed by atoms with Crippen LogP contribution in [0, 0.1) is 12.8 Å². The highest BCUT2D eigenvalue weighted by molar-refractivity contribution is 7.91. The van der Waals surface area contributed by atoms with E-state index in [1.807, 2.05) is 6.92 Å². The molecule has 120 valence electrons. The van der Waals surface area contributed by atoms with Gasteiger partial charge in [0.05, 0.1) is 0 Å². The lowest BCUT2D eigenvalue weighted by Gasteiger charge is -2.20. The van der Waals surface area contributed by atoms with Crippen LogP contribution >= 0.6 is 11.3 Å². The van der Waals surface area contributed by atoms with Gasteiger partial charge in [-0.05, 0) is 51.3 Å². The Morgan fingerprint density at radius 3 is 2.76 bits per heavy atom. The smallest absolute Gasteiger partial charge is 0.250 e. The highest BCUT2D eigenvalue weighted by atomic mass is 32.2. The molecule has 1 aliphatic rings. The molecule has 0 spiro atoms. The highest BCUT2D eigenvalue weighted by Gasteiger charge is 2.26. The highest BCUT2D eigenvalue weighted by Crippen LogP contribution is 2.26. The van der Waals surface area contributed by atoms with Gasteiger partial charge in [0, 0.05) is 30.6 Å². The molecule has 3 N–H and O–H groups in total. The summed E-state index contributed by atoms with van der Waals surface area (Å²) in [6.45, 7) is 9.18. The van der Waals surface area contributed by atoms with Gasteiger partial charge in [-0.15, -0.1) is 11.3 Å². The van der Waals surface area contributed by atoms with Crippen molar-refractivity contribution in [2.24, 2.45) is 11.7 Å². The van der Waals surface area contributed by atoms with Crippen molar-refractivity contribution >= 4 is 21.4 Å². The van der Waals surface area contributed by atoms with E-state index in [0.717, 1.165) is 30.0 Å². The fourth-order valence-corrected chi connectivity index (χ4v) is 5.25. The van der Waals surface area contributed by atoms with E-state index in [-0.39, 0.29) is 0 Å². The molecule has 21 heavy (non-hydrogen) atoms. The van der Waals surface area contributed by atoms with Crippen molar-refractivity contribution in [3.8, 4) is 0 Å². The number of aryl methyl sites for hydroxylation is 1. The average molecular weight is 332 g/mol. The van der Waals surface area contributed by atoms with Gasteiger partial charge in [-0.3, -0.25) is 0 Å². The third-order valence-electron chi connectivity index (χ3n) is 4.06. The number of thiophene rings is 1. The van der Waals surface area contributed by atoms with E-state index in [9.17, 15) is 8.42 Å². The van der Waals surface area contributed by atoms with E-state index < -0.39 is 10.0 Å². The molecule has 1 fully saturated rings. The van der Waals surface area contributed by atoms with Crippen molar-refractivity contribution in [3.05, 3.63) is 16.5 Å². The topological polar surface area (TPSA) is 75.4 Å². The summed E-state index contributed by atoms with van der Waals surface area (Å²) in [5.41, 5.74) is 6.57. The van der Waals surface area contributed by atoms with Crippen LogP contribution in [0.1, 0.15) is 30.7 Å². The van der Waals surface area contributed by atoms with Gasteiger partial charge in [0.1, 0.15) is 4.21 Å². The number of rotatable bonds is 6. The minimum Gasteiger partial charge on any atom is -0.326 e. The first-order valence-corrected chi connectivity index (χ1v) is 9.66. The van der Waals surface area contributed by atoms with Gasteiger partial charge in [0.2, 0.25) is 10.0 Å². The van der Waals surface area contributed by atoms with E-state index in [2.05, 4.69) is 23.5 Å². The molecule has 0 aliphatic carbocycles. The first-order valence-electron chi connectivity index (χ1n) is 7.36. The number of nitrogens with zero attached hydrogens (tertiary/aromatic N) is 1. The van der Waals surface area contributed by atoms with Crippen LogP contribution in [0.4, 0.5) is 0 Å². The minimum atomic E-state index is -3.40. The zero-order chi connectivity index (χ0) is 15.6. The van der Waals surface area contributed by atoms with Crippen LogP contribution in [0.2, 0.25) is 0 Å². The second kappa shape index (κ2) is 6.75. The molecule has 7 heteroatoms. The van der Waals surface area contributed by atoms with E-state index in [4.69, 9.17) is 5.73 Å². The Morgan fingerprint density at radius 2 is 2.24 bits per heavy atom. The maximum atomic E-state index is 12.3. The summed E-state index contributed by atoms with van der Waals surface area (Å²) >= 11 is 1.27. The van der Waals surface area contributed by atoms with E-state index in [0.29, 0.717) is 29.3 Å². The Kier molecular flexibility index (Phi) is 5.43. The van der Waals surface area contributed by atoms with Gasteiger partial charge in [-0.2, -0.15) is 0 Å². The largest absolute Gasteiger partial charge is 0.326 e. The molecule has 1 aromatic rings. The Bertz CT molecular complexity index is 581. The molecule has 0 amide bonds. The SMILES string of the molecule is Cc1cc(S(=O)(=O)NCC2CCN(C(C)C)C2)sc1CN. The van der Waals surface area contributed by atoms with Crippen molar-refractivity contribution in [2.45, 2.75) is 44.0 Å². The van der Waals surface area contributed by atoms with Crippen LogP contribution in [0.3, 0.4) is 0 Å². The predicted molar refractivity (Wildman–Crippen MR) is 87.0 cm³/mol. The van der Waals surface area contributed by atoms with Gasteiger partial charge >= 0.3 is 0 Å². The molecule has 0 bridgehead atoms. The lowest BCUT2D eigenvalue weighted by molar-refractivity contribution is 0.265. The molecule has 1 aliphatic heterocycles. The molecular formula is C14H25N3O2S2. The molecule has 1 unspecified atom stereocenters. The maximum Gasteiger partial charge on any atom is 0.250 e. The van der Waals surface area contributed by atoms with E-state index in [1.54, 1.807) is 6.07 Å². The first kappa shape index (κ1) is 16.9. The summed E-state index contributed by atoms with van der Waals surface area (Å²) < 4.78 is 27.8. The maximum absolute atomic E-state index is 12.3.